The van der Waals surface area contributed by atoms with E-state index in [1.165, 1.54) is 0 Å². The molecule has 0 spiro atoms. The average molecular weight is 309 g/mol. The molecule has 1 aromatic carbocycles. The molecule has 21 heavy (non-hydrogen) atoms. The van der Waals surface area contributed by atoms with Crippen LogP contribution in [0.1, 0.15) is 26.7 Å². The van der Waals surface area contributed by atoms with Crippen LogP contribution in [0.25, 0.3) is 0 Å². The molecule has 0 atom stereocenters. The first-order chi connectivity index (χ1) is 9.99. The molecule has 0 aliphatic carbocycles. The SMILES string of the molecule is CCC(=O)C(C(=O)CC)C(=O)CN=Nc1ccc(Cl)cc1. The molecule has 6 heteroatoms. The summed E-state index contributed by atoms with van der Waals surface area (Å²) in [7, 11) is 0. The Balaban J connectivity index is 2.71. The minimum atomic E-state index is -1.20. The molecule has 0 bridgehead atoms. The fourth-order valence-corrected chi connectivity index (χ4v) is 1.86. The molecule has 1 rings (SSSR count). The molecule has 0 aromatic heterocycles. The maximum atomic E-state index is 12.0. The van der Waals surface area contributed by atoms with Crippen molar-refractivity contribution < 1.29 is 14.4 Å². The highest BCUT2D eigenvalue weighted by Gasteiger charge is 2.30. The van der Waals surface area contributed by atoms with E-state index < -0.39 is 11.7 Å². The number of hydrogen-bond donors (Lipinski definition) is 0. The summed E-state index contributed by atoms with van der Waals surface area (Å²) in [5.41, 5.74) is 0.549. The highest BCUT2D eigenvalue weighted by molar-refractivity contribution is 6.30. The third-order valence-electron chi connectivity index (χ3n) is 2.90. The normalized spacial score (nSPS) is 11.0. The summed E-state index contributed by atoms with van der Waals surface area (Å²) in [6, 6.07) is 6.62. The second kappa shape index (κ2) is 8.42. The molecule has 0 aliphatic rings. The Hall–Kier alpha value is -1.88. The minimum absolute atomic E-state index is 0.149. The lowest BCUT2D eigenvalue weighted by Gasteiger charge is -2.09. The van der Waals surface area contributed by atoms with Gasteiger partial charge in [0.25, 0.3) is 0 Å². The molecule has 0 N–H and O–H groups in total. The van der Waals surface area contributed by atoms with Gasteiger partial charge in [0, 0.05) is 17.9 Å². The second-order valence-electron chi connectivity index (χ2n) is 4.42. The Morgan fingerprint density at radius 1 is 1.00 bits per heavy atom. The van der Waals surface area contributed by atoms with Crippen LogP contribution in [-0.4, -0.2) is 23.9 Å². The van der Waals surface area contributed by atoms with E-state index >= 15 is 0 Å². The van der Waals surface area contributed by atoms with Gasteiger partial charge in [0.05, 0.1) is 5.69 Å². The highest BCUT2D eigenvalue weighted by atomic mass is 35.5. The number of rotatable bonds is 8. The average Bonchev–Trinajstić information content (AvgIpc) is 2.49. The van der Waals surface area contributed by atoms with E-state index in [2.05, 4.69) is 10.2 Å². The van der Waals surface area contributed by atoms with Crippen LogP contribution in [-0.2, 0) is 14.4 Å². The van der Waals surface area contributed by atoms with Gasteiger partial charge >= 0.3 is 0 Å². The van der Waals surface area contributed by atoms with Gasteiger partial charge in [-0.2, -0.15) is 10.2 Å². The zero-order chi connectivity index (χ0) is 15.8. The van der Waals surface area contributed by atoms with E-state index in [0.717, 1.165) is 0 Å². The summed E-state index contributed by atoms with van der Waals surface area (Å²) in [6.45, 7) is 2.96. The van der Waals surface area contributed by atoms with Gasteiger partial charge in [-0.3, -0.25) is 14.4 Å². The van der Waals surface area contributed by atoms with Gasteiger partial charge in [-0.1, -0.05) is 25.4 Å². The van der Waals surface area contributed by atoms with Crippen LogP contribution in [0.4, 0.5) is 5.69 Å². The van der Waals surface area contributed by atoms with E-state index in [1.54, 1.807) is 38.1 Å². The standard InChI is InChI=1S/C15H17ClN2O3/c1-3-12(19)15(13(20)4-2)14(21)9-17-18-11-7-5-10(16)6-8-11/h5-8,15H,3-4,9H2,1-2H3. The first-order valence-corrected chi connectivity index (χ1v) is 7.08. The molecule has 0 saturated carbocycles. The Kier molecular flexibility index (Phi) is 6.88. The predicted octanol–water partition coefficient (Wildman–Crippen LogP) is 3.57. The number of azo groups is 1. The zero-order valence-corrected chi connectivity index (χ0v) is 12.8. The van der Waals surface area contributed by atoms with Crippen LogP contribution in [0.2, 0.25) is 5.02 Å². The van der Waals surface area contributed by atoms with Crippen molar-refractivity contribution in [2.75, 3.05) is 6.54 Å². The first-order valence-electron chi connectivity index (χ1n) is 6.70. The molecule has 0 unspecified atom stereocenters. The lowest BCUT2D eigenvalue weighted by molar-refractivity contribution is -0.139. The largest absolute Gasteiger partial charge is 0.298 e. The first kappa shape index (κ1) is 17.2. The molecule has 112 valence electrons. The van der Waals surface area contributed by atoms with Gasteiger partial charge in [0.1, 0.15) is 12.5 Å². The number of carbonyl (C=O) groups is 3. The van der Waals surface area contributed by atoms with Crippen LogP contribution in [0.5, 0.6) is 0 Å². The molecule has 0 saturated heterocycles. The summed E-state index contributed by atoms with van der Waals surface area (Å²) in [4.78, 5) is 35.4. The van der Waals surface area contributed by atoms with Crippen LogP contribution in [0.15, 0.2) is 34.5 Å². The van der Waals surface area contributed by atoms with E-state index in [0.29, 0.717) is 10.7 Å². The molecule has 0 radical (unpaired) electrons. The van der Waals surface area contributed by atoms with E-state index in [-0.39, 0.29) is 31.0 Å². The topological polar surface area (TPSA) is 75.9 Å². The third kappa shape index (κ3) is 5.19. The lowest BCUT2D eigenvalue weighted by Crippen LogP contribution is -2.32. The number of benzene rings is 1. The molecule has 1 aromatic rings. The molecule has 5 nitrogen and oxygen atoms in total. The number of halogens is 1. The third-order valence-corrected chi connectivity index (χ3v) is 3.15. The van der Waals surface area contributed by atoms with Crippen LogP contribution in [0.3, 0.4) is 0 Å². The maximum absolute atomic E-state index is 12.0. The van der Waals surface area contributed by atoms with E-state index in [4.69, 9.17) is 11.6 Å². The van der Waals surface area contributed by atoms with Crippen molar-refractivity contribution in [3.63, 3.8) is 0 Å². The summed E-state index contributed by atoms with van der Waals surface area (Å²) >= 11 is 5.74. The fourth-order valence-electron chi connectivity index (χ4n) is 1.73. The Morgan fingerprint density at radius 2 is 1.52 bits per heavy atom. The smallest absolute Gasteiger partial charge is 0.173 e. The van der Waals surface area contributed by atoms with Gasteiger partial charge in [0.2, 0.25) is 0 Å². The second-order valence-corrected chi connectivity index (χ2v) is 4.85. The monoisotopic (exact) mass is 308 g/mol. The van der Waals surface area contributed by atoms with Crippen molar-refractivity contribution >= 4 is 34.6 Å². The van der Waals surface area contributed by atoms with Gasteiger partial charge in [0.15, 0.2) is 17.3 Å². The van der Waals surface area contributed by atoms with Crippen molar-refractivity contribution in [3.05, 3.63) is 29.3 Å². The number of nitrogens with zero attached hydrogens (tertiary/aromatic N) is 2. The lowest BCUT2D eigenvalue weighted by atomic mass is 9.91. The fraction of sp³-hybridized carbons (Fsp3) is 0.400. The van der Waals surface area contributed by atoms with Crippen LogP contribution >= 0.6 is 11.6 Å². The summed E-state index contributed by atoms with van der Waals surface area (Å²) in [5, 5.41) is 8.19. The van der Waals surface area contributed by atoms with Gasteiger partial charge in [-0.05, 0) is 24.3 Å². The van der Waals surface area contributed by atoms with Gasteiger partial charge in [-0.25, -0.2) is 0 Å². The highest BCUT2D eigenvalue weighted by Crippen LogP contribution is 2.16. The summed E-state index contributed by atoms with van der Waals surface area (Å²) in [6.07, 6.45) is 0.299. The predicted molar refractivity (Wildman–Crippen MR) is 79.9 cm³/mol. The van der Waals surface area contributed by atoms with Crippen LogP contribution < -0.4 is 0 Å². The van der Waals surface area contributed by atoms with Crippen molar-refractivity contribution in [2.45, 2.75) is 26.7 Å². The van der Waals surface area contributed by atoms with Crippen molar-refractivity contribution in [1.82, 2.24) is 0 Å². The van der Waals surface area contributed by atoms with Gasteiger partial charge in [-0.15, -0.1) is 0 Å². The summed E-state index contributed by atoms with van der Waals surface area (Å²) in [5.74, 6) is -2.45. The molecule has 0 aliphatic heterocycles. The number of Topliss-reactive ketones (excluding diaryl/α,β-unsaturated/α-hetero) is 3. The number of ketones is 3. The molecule has 0 heterocycles. The minimum Gasteiger partial charge on any atom is -0.298 e. The Labute approximate surface area is 128 Å². The van der Waals surface area contributed by atoms with Crippen LogP contribution in [0, 0.1) is 5.92 Å². The van der Waals surface area contributed by atoms with Crippen molar-refractivity contribution in [1.29, 1.82) is 0 Å². The maximum Gasteiger partial charge on any atom is 0.173 e. The Bertz CT molecular complexity index is 537. The van der Waals surface area contributed by atoms with Crippen molar-refractivity contribution in [2.24, 2.45) is 16.1 Å². The number of carbonyl (C=O) groups excluding carboxylic acids is 3. The van der Waals surface area contributed by atoms with Crippen molar-refractivity contribution in [3.8, 4) is 0 Å². The Morgan fingerprint density at radius 3 is 2.00 bits per heavy atom. The zero-order valence-electron chi connectivity index (χ0n) is 12.0. The molecule has 0 amide bonds. The molecular formula is C15H17ClN2O3. The summed E-state index contributed by atoms with van der Waals surface area (Å²) < 4.78 is 0. The van der Waals surface area contributed by atoms with E-state index in [1.807, 2.05) is 0 Å². The molecule has 0 fully saturated rings. The van der Waals surface area contributed by atoms with E-state index in [9.17, 15) is 14.4 Å². The van der Waals surface area contributed by atoms with Gasteiger partial charge < -0.3 is 0 Å². The quantitative estimate of drug-likeness (QED) is 0.544. The molecular weight excluding hydrogens is 292 g/mol. The number of hydrogen-bond acceptors (Lipinski definition) is 5.